The van der Waals surface area contributed by atoms with Gasteiger partial charge in [0.05, 0.1) is 17.7 Å². The lowest BCUT2D eigenvalue weighted by Gasteiger charge is -2.36. The summed E-state index contributed by atoms with van der Waals surface area (Å²) in [5, 5.41) is 11.5. The molecule has 2 aromatic heterocycles. The third-order valence-electron chi connectivity index (χ3n) is 6.51. The van der Waals surface area contributed by atoms with Gasteiger partial charge in [0.25, 0.3) is 0 Å². The van der Waals surface area contributed by atoms with Crippen molar-refractivity contribution in [3.8, 4) is 0 Å². The normalized spacial score (nSPS) is 19.2. The predicted molar refractivity (Wildman–Crippen MR) is 123 cm³/mol. The fraction of sp³-hybridized carbons (Fsp3) is 0.435. The highest BCUT2D eigenvalue weighted by molar-refractivity contribution is 6.31. The Morgan fingerprint density at radius 3 is 2.67 bits per heavy atom. The lowest BCUT2D eigenvalue weighted by molar-refractivity contribution is -0.141. The number of hydrogen-bond donors (Lipinski definition) is 2. The molecule has 3 heterocycles. The van der Waals surface area contributed by atoms with E-state index in [1.54, 1.807) is 6.07 Å². The van der Waals surface area contributed by atoms with Crippen molar-refractivity contribution in [1.82, 2.24) is 14.9 Å². The summed E-state index contributed by atoms with van der Waals surface area (Å²) in [6, 6.07) is 8.48. The number of halogens is 5. The number of hydrogen-bond acceptors (Lipinski definition) is 4. The van der Waals surface area contributed by atoms with Crippen LogP contribution in [0.5, 0.6) is 0 Å². The molecule has 1 atom stereocenters. The van der Waals surface area contributed by atoms with Gasteiger partial charge in [0.1, 0.15) is 5.82 Å². The lowest BCUT2D eigenvalue weighted by Crippen LogP contribution is -2.43. The number of aliphatic hydroxyl groups is 1. The molecule has 1 fully saturated rings. The average Bonchev–Trinajstić information content (AvgIpc) is 3.54. The fourth-order valence-electron chi connectivity index (χ4n) is 4.76. The molecule has 1 saturated carbocycles. The molecule has 33 heavy (non-hydrogen) atoms. The molecule has 0 saturated heterocycles. The van der Waals surface area contributed by atoms with Gasteiger partial charge in [0.15, 0.2) is 5.69 Å². The number of benzene rings is 1. The van der Waals surface area contributed by atoms with Gasteiger partial charge in [-0.05, 0) is 55.2 Å². The molecule has 0 bridgehead atoms. The first kappa shape index (κ1) is 22.8. The van der Waals surface area contributed by atoms with Crippen LogP contribution in [0.15, 0.2) is 30.3 Å². The highest BCUT2D eigenvalue weighted by Gasteiger charge is 2.38. The van der Waals surface area contributed by atoms with Crippen molar-refractivity contribution >= 4 is 39.9 Å². The van der Waals surface area contributed by atoms with Gasteiger partial charge >= 0.3 is 6.18 Å². The third kappa shape index (κ3) is 4.41. The van der Waals surface area contributed by atoms with Crippen LogP contribution >= 0.6 is 23.2 Å². The maximum atomic E-state index is 13.3. The summed E-state index contributed by atoms with van der Waals surface area (Å²) in [5.41, 5.74) is 2.06. The second-order valence-corrected chi connectivity index (χ2v) is 9.46. The molecule has 0 amide bonds. The summed E-state index contributed by atoms with van der Waals surface area (Å²) < 4.78 is 40.0. The van der Waals surface area contributed by atoms with E-state index in [0.29, 0.717) is 18.1 Å². The van der Waals surface area contributed by atoms with Crippen LogP contribution in [-0.2, 0) is 12.6 Å². The SMILES string of the molecule is OCC1c2[nH]c3ccc(Cl)cc3c2CCN1CCN(c1ccc(Cl)c(C(F)(F)F)n1)C1CC1. The summed E-state index contributed by atoms with van der Waals surface area (Å²) in [4.78, 5) is 11.4. The second kappa shape index (κ2) is 8.65. The van der Waals surface area contributed by atoms with Crippen molar-refractivity contribution < 1.29 is 18.3 Å². The molecule has 10 heteroatoms. The van der Waals surface area contributed by atoms with E-state index in [0.717, 1.165) is 48.0 Å². The van der Waals surface area contributed by atoms with Gasteiger partial charge < -0.3 is 15.0 Å². The minimum absolute atomic E-state index is 0.0611. The van der Waals surface area contributed by atoms with Gasteiger partial charge in [0, 0.05) is 47.3 Å². The zero-order chi connectivity index (χ0) is 23.3. The van der Waals surface area contributed by atoms with Gasteiger partial charge in [-0.1, -0.05) is 23.2 Å². The molecule has 0 radical (unpaired) electrons. The fourth-order valence-corrected chi connectivity index (χ4v) is 5.14. The molecular weight excluding hydrogens is 476 g/mol. The first-order valence-electron chi connectivity index (χ1n) is 10.9. The number of anilines is 1. The largest absolute Gasteiger partial charge is 0.434 e. The number of aliphatic hydroxyl groups excluding tert-OH is 1. The molecule has 1 aliphatic carbocycles. The molecule has 5 nitrogen and oxygen atoms in total. The van der Waals surface area contributed by atoms with Crippen molar-refractivity contribution in [2.45, 2.75) is 37.5 Å². The Balaban J connectivity index is 1.37. The van der Waals surface area contributed by atoms with E-state index in [4.69, 9.17) is 23.2 Å². The summed E-state index contributed by atoms with van der Waals surface area (Å²) >= 11 is 11.9. The minimum atomic E-state index is -4.61. The Morgan fingerprint density at radius 2 is 1.97 bits per heavy atom. The van der Waals surface area contributed by atoms with Crippen molar-refractivity contribution in [3.63, 3.8) is 0 Å². The van der Waals surface area contributed by atoms with E-state index in [9.17, 15) is 18.3 Å². The van der Waals surface area contributed by atoms with Crippen LogP contribution in [0.2, 0.25) is 10.0 Å². The van der Waals surface area contributed by atoms with E-state index in [-0.39, 0.29) is 24.5 Å². The van der Waals surface area contributed by atoms with Crippen molar-refractivity contribution in [2.75, 3.05) is 31.1 Å². The zero-order valence-corrected chi connectivity index (χ0v) is 19.2. The average molecular weight is 499 g/mol. The van der Waals surface area contributed by atoms with Crippen LogP contribution < -0.4 is 4.90 Å². The van der Waals surface area contributed by atoms with Gasteiger partial charge in [-0.25, -0.2) is 4.98 Å². The molecule has 3 aromatic rings. The molecule has 176 valence electrons. The van der Waals surface area contributed by atoms with Crippen molar-refractivity contribution in [1.29, 1.82) is 0 Å². The smallest absolute Gasteiger partial charge is 0.394 e. The maximum Gasteiger partial charge on any atom is 0.434 e. The molecule has 2 N–H and O–H groups in total. The van der Waals surface area contributed by atoms with Crippen LogP contribution in [0.3, 0.4) is 0 Å². The number of aromatic nitrogens is 2. The Morgan fingerprint density at radius 1 is 1.18 bits per heavy atom. The van der Waals surface area contributed by atoms with Crippen LogP contribution in [0, 0.1) is 0 Å². The Labute approximate surface area is 199 Å². The highest BCUT2D eigenvalue weighted by atomic mass is 35.5. The van der Waals surface area contributed by atoms with E-state index in [2.05, 4.69) is 14.9 Å². The van der Waals surface area contributed by atoms with E-state index in [1.165, 1.54) is 6.07 Å². The monoisotopic (exact) mass is 498 g/mol. The number of rotatable bonds is 6. The quantitative estimate of drug-likeness (QED) is 0.474. The van der Waals surface area contributed by atoms with Crippen molar-refractivity contribution in [2.24, 2.45) is 0 Å². The number of H-pyrrole nitrogens is 1. The second-order valence-electron chi connectivity index (χ2n) is 8.61. The van der Waals surface area contributed by atoms with Gasteiger partial charge in [0.2, 0.25) is 0 Å². The number of pyridine rings is 1. The van der Waals surface area contributed by atoms with Crippen LogP contribution in [-0.4, -0.2) is 52.3 Å². The maximum absolute atomic E-state index is 13.3. The summed E-state index contributed by atoms with van der Waals surface area (Å²) in [7, 11) is 0. The molecule has 2 aliphatic rings. The summed E-state index contributed by atoms with van der Waals surface area (Å²) in [5.74, 6) is 0.285. The molecule has 0 spiro atoms. The number of fused-ring (bicyclic) bond motifs is 3. The molecular formula is C23H23Cl2F3N4O. The van der Waals surface area contributed by atoms with Gasteiger partial charge in [-0.3, -0.25) is 4.90 Å². The third-order valence-corrected chi connectivity index (χ3v) is 7.05. The number of nitrogens with zero attached hydrogens (tertiary/aromatic N) is 3. The van der Waals surface area contributed by atoms with Crippen LogP contribution in [0.4, 0.5) is 19.0 Å². The number of nitrogens with one attached hydrogen (secondary N) is 1. The summed E-state index contributed by atoms with van der Waals surface area (Å²) in [6.45, 7) is 1.77. The molecule has 1 aliphatic heterocycles. The molecule has 1 unspecified atom stereocenters. The molecule has 1 aromatic carbocycles. The molecule has 5 rings (SSSR count). The van der Waals surface area contributed by atoms with E-state index < -0.39 is 16.9 Å². The van der Waals surface area contributed by atoms with Crippen LogP contribution in [0.25, 0.3) is 10.9 Å². The topological polar surface area (TPSA) is 55.4 Å². The number of aromatic amines is 1. The van der Waals surface area contributed by atoms with Gasteiger partial charge in [-0.15, -0.1) is 0 Å². The standard InChI is InChI=1S/C23H23Cl2F3N4O/c24-13-1-5-18-16(11-13)15-7-8-31(19(12-33)21(15)29-18)9-10-32(14-2-3-14)20-6-4-17(25)22(30-20)23(26,27)28/h1,4-6,11,14,19,29,33H,2-3,7-10,12H2. The highest BCUT2D eigenvalue weighted by Crippen LogP contribution is 2.38. The van der Waals surface area contributed by atoms with E-state index in [1.807, 2.05) is 23.1 Å². The van der Waals surface area contributed by atoms with E-state index >= 15 is 0 Å². The Kier molecular flexibility index (Phi) is 5.97. The first-order chi connectivity index (χ1) is 15.8. The Bertz CT molecular complexity index is 1180. The van der Waals surface area contributed by atoms with Gasteiger partial charge in [-0.2, -0.15) is 13.2 Å². The van der Waals surface area contributed by atoms with Crippen molar-refractivity contribution in [3.05, 3.63) is 57.3 Å². The minimum Gasteiger partial charge on any atom is -0.394 e. The zero-order valence-electron chi connectivity index (χ0n) is 17.7. The number of alkyl halides is 3. The predicted octanol–water partition coefficient (Wildman–Crippen LogP) is 5.45. The first-order valence-corrected chi connectivity index (χ1v) is 11.7. The summed E-state index contributed by atoms with van der Waals surface area (Å²) in [6.07, 6.45) is -1.97. The lowest BCUT2D eigenvalue weighted by atomic mass is 9.97. The van der Waals surface area contributed by atoms with Crippen LogP contribution in [0.1, 0.15) is 35.8 Å². The Hall–Kier alpha value is -2.00.